The molecule has 0 aliphatic heterocycles. The first-order valence-electron chi connectivity index (χ1n) is 4.67. The van der Waals surface area contributed by atoms with Gasteiger partial charge in [-0.05, 0) is 11.6 Å². The summed E-state index contributed by atoms with van der Waals surface area (Å²) in [4.78, 5) is 3.28. The van der Waals surface area contributed by atoms with Crippen LogP contribution in [0.1, 0.15) is 11.5 Å². The molecule has 8 heteroatoms. The van der Waals surface area contributed by atoms with Gasteiger partial charge in [-0.25, -0.2) is 0 Å². The van der Waals surface area contributed by atoms with Crippen LogP contribution in [0.4, 0.5) is 13.2 Å². The van der Waals surface area contributed by atoms with E-state index in [1.54, 1.807) is 12.1 Å². The first-order chi connectivity index (χ1) is 8.41. The Bertz CT molecular complexity index is 570. The van der Waals surface area contributed by atoms with Crippen molar-refractivity contribution in [2.45, 2.75) is 11.5 Å². The maximum absolute atomic E-state index is 12.3. The van der Waals surface area contributed by atoms with E-state index in [1.807, 2.05) is 0 Å². The van der Waals surface area contributed by atoms with E-state index in [-0.39, 0.29) is 5.82 Å². The Hall–Kier alpha value is -1.08. The monoisotopic (exact) mass is 340 g/mol. The van der Waals surface area contributed by atoms with Crippen LogP contribution in [0.2, 0.25) is 5.02 Å². The fourth-order valence-electron chi connectivity index (χ4n) is 1.25. The number of aromatic nitrogens is 2. The van der Waals surface area contributed by atoms with E-state index in [2.05, 4.69) is 30.6 Å². The van der Waals surface area contributed by atoms with E-state index >= 15 is 0 Å². The third kappa shape index (κ3) is 2.67. The van der Waals surface area contributed by atoms with Crippen molar-refractivity contribution < 1.29 is 17.7 Å². The Balaban J connectivity index is 2.38. The number of alkyl halides is 4. The zero-order chi connectivity index (χ0) is 13.3. The standard InChI is InChI=1S/C10H5BrClF3N2O/c11-4-6-2-1-5(3-7(6)12)8-16-9(18-17-8)10(13,14)15/h1-3H,4H2. The SMILES string of the molecule is FC(F)(F)c1nc(-c2ccc(CBr)c(Cl)c2)no1. The Morgan fingerprint density at radius 1 is 1.33 bits per heavy atom. The molecule has 0 atom stereocenters. The van der Waals surface area contributed by atoms with E-state index in [0.29, 0.717) is 15.9 Å². The highest BCUT2D eigenvalue weighted by atomic mass is 79.9. The van der Waals surface area contributed by atoms with Gasteiger partial charge in [0.25, 0.3) is 0 Å². The lowest BCUT2D eigenvalue weighted by molar-refractivity contribution is -0.159. The van der Waals surface area contributed by atoms with E-state index < -0.39 is 12.1 Å². The Kier molecular flexibility index (Phi) is 3.63. The summed E-state index contributed by atoms with van der Waals surface area (Å²) in [7, 11) is 0. The van der Waals surface area contributed by atoms with Crippen LogP contribution in [0, 0.1) is 0 Å². The number of nitrogens with zero attached hydrogens (tertiary/aromatic N) is 2. The van der Waals surface area contributed by atoms with Gasteiger partial charge in [-0.2, -0.15) is 18.2 Å². The van der Waals surface area contributed by atoms with Gasteiger partial charge in [0.15, 0.2) is 0 Å². The zero-order valence-electron chi connectivity index (χ0n) is 8.63. The normalized spacial score (nSPS) is 11.8. The second-order valence-corrected chi connectivity index (χ2v) is 4.33. The smallest absolute Gasteiger partial charge is 0.329 e. The van der Waals surface area contributed by atoms with Gasteiger partial charge in [-0.15, -0.1) is 0 Å². The van der Waals surface area contributed by atoms with E-state index in [1.165, 1.54) is 6.07 Å². The topological polar surface area (TPSA) is 38.9 Å². The predicted octanol–water partition coefficient (Wildman–Crippen LogP) is 4.30. The minimum atomic E-state index is -4.65. The zero-order valence-corrected chi connectivity index (χ0v) is 11.0. The van der Waals surface area contributed by atoms with Crippen LogP contribution >= 0.6 is 27.5 Å². The molecule has 0 radical (unpaired) electrons. The number of halogens is 5. The molecule has 0 fully saturated rings. The maximum atomic E-state index is 12.3. The molecule has 0 aliphatic rings. The minimum Gasteiger partial charge on any atom is -0.329 e. The largest absolute Gasteiger partial charge is 0.471 e. The summed E-state index contributed by atoms with van der Waals surface area (Å²) in [5, 5.41) is 4.24. The van der Waals surface area contributed by atoms with Gasteiger partial charge in [0.05, 0.1) is 0 Å². The van der Waals surface area contributed by atoms with Gasteiger partial charge in [0.1, 0.15) is 0 Å². The molecule has 0 aliphatic carbocycles. The van der Waals surface area contributed by atoms with Crippen molar-refractivity contribution in [1.29, 1.82) is 0 Å². The molecule has 0 saturated carbocycles. The van der Waals surface area contributed by atoms with Crippen molar-refractivity contribution in [3.05, 3.63) is 34.7 Å². The van der Waals surface area contributed by atoms with Crippen LogP contribution in [0.5, 0.6) is 0 Å². The predicted molar refractivity (Wildman–Crippen MR) is 62.4 cm³/mol. The second-order valence-electron chi connectivity index (χ2n) is 3.36. The molecule has 0 amide bonds. The Morgan fingerprint density at radius 3 is 2.56 bits per heavy atom. The summed E-state index contributed by atoms with van der Waals surface area (Å²) in [6.07, 6.45) is -4.65. The molecule has 2 aromatic rings. The summed E-state index contributed by atoms with van der Waals surface area (Å²) in [5.74, 6) is -1.52. The highest BCUT2D eigenvalue weighted by molar-refractivity contribution is 9.08. The lowest BCUT2D eigenvalue weighted by Gasteiger charge is -2.01. The lowest BCUT2D eigenvalue weighted by atomic mass is 10.1. The quantitative estimate of drug-likeness (QED) is 0.764. The molecule has 3 nitrogen and oxygen atoms in total. The molecule has 1 aromatic heterocycles. The molecule has 0 spiro atoms. The molecule has 1 heterocycles. The molecule has 96 valence electrons. The van der Waals surface area contributed by atoms with Crippen LogP contribution in [-0.2, 0) is 11.5 Å². The number of hydrogen-bond acceptors (Lipinski definition) is 3. The fraction of sp³-hybridized carbons (Fsp3) is 0.200. The number of hydrogen-bond donors (Lipinski definition) is 0. The van der Waals surface area contributed by atoms with Crippen molar-refractivity contribution in [1.82, 2.24) is 10.1 Å². The van der Waals surface area contributed by atoms with Gasteiger partial charge >= 0.3 is 12.1 Å². The molecular weight excluding hydrogens is 336 g/mol. The van der Waals surface area contributed by atoms with Crippen molar-refractivity contribution in [2.75, 3.05) is 0 Å². The molecule has 1 aromatic carbocycles. The number of rotatable bonds is 2. The van der Waals surface area contributed by atoms with Crippen LogP contribution in [0.3, 0.4) is 0 Å². The molecule has 18 heavy (non-hydrogen) atoms. The van der Waals surface area contributed by atoms with E-state index in [9.17, 15) is 13.2 Å². The molecule has 0 N–H and O–H groups in total. The highest BCUT2D eigenvalue weighted by Crippen LogP contribution is 2.30. The highest BCUT2D eigenvalue weighted by Gasteiger charge is 2.38. The van der Waals surface area contributed by atoms with Crippen LogP contribution in [0.25, 0.3) is 11.4 Å². The molecular formula is C10H5BrClF3N2O. The van der Waals surface area contributed by atoms with Gasteiger partial charge < -0.3 is 4.52 Å². The van der Waals surface area contributed by atoms with Crippen molar-refractivity contribution in [3.63, 3.8) is 0 Å². The second kappa shape index (κ2) is 4.89. The summed E-state index contributed by atoms with van der Waals surface area (Å²) in [6.45, 7) is 0. The molecule has 2 rings (SSSR count). The van der Waals surface area contributed by atoms with Gasteiger partial charge in [-0.3, -0.25) is 0 Å². The summed E-state index contributed by atoms with van der Waals surface area (Å²) >= 11 is 9.17. The van der Waals surface area contributed by atoms with Gasteiger partial charge in [0.2, 0.25) is 5.82 Å². The van der Waals surface area contributed by atoms with Crippen molar-refractivity contribution >= 4 is 27.5 Å². The minimum absolute atomic E-state index is 0.148. The molecule has 0 bridgehead atoms. The first kappa shape index (κ1) is 13.4. The Labute approximate surface area is 113 Å². The summed E-state index contributed by atoms with van der Waals surface area (Å²) in [5.41, 5.74) is 1.18. The van der Waals surface area contributed by atoms with Crippen molar-refractivity contribution in [2.24, 2.45) is 0 Å². The van der Waals surface area contributed by atoms with Crippen LogP contribution in [0.15, 0.2) is 22.7 Å². The van der Waals surface area contributed by atoms with Gasteiger partial charge in [-0.1, -0.05) is 44.8 Å². The average molecular weight is 342 g/mol. The maximum Gasteiger partial charge on any atom is 0.471 e. The third-order valence-electron chi connectivity index (χ3n) is 2.12. The van der Waals surface area contributed by atoms with Crippen LogP contribution < -0.4 is 0 Å². The van der Waals surface area contributed by atoms with E-state index in [0.717, 1.165) is 5.56 Å². The van der Waals surface area contributed by atoms with Crippen molar-refractivity contribution in [3.8, 4) is 11.4 Å². The summed E-state index contributed by atoms with van der Waals surface area (Å²) in [6, 6.07) is 4.74. The molecule has 0 unspecified atom stereocenters. The van der Waals surface area contributed by atoms with Gasteiger partial charge in [0, 0.05) is 15.9 Å². The molecule has 0 saturated heterocycles. The fourth-order valence-corrected chi connectivity index (χ4v) is 2.15. The number of benzene rings is 1. The van der Waals surface area contributed by atoms with E-state index in [4.69, 9.17) is 11.6 Å². The summed E-state index contributed by atoms with van der Waals surface area (Å²) < 4.78 is 41.0. The third-order valence-corrected chi connectivity index (χ3v) is 3.08. The Morgan fingerprint density at radius 2 is 2.06 bits per heavy atom. The lowest BCUT2D eigenvalue weighted by Crippen LogP contribution is -2.04. The van der Waals surface area contributed by atoms with Crippen LogP contribution in [-0.4, -0.2) is 10.1 Å². The average Bonchev–Trinajstić information content (AvgIpc) is 2.77. The first-order valence-corrected chi connectivity index (χ1v) is 6.17.